The largest absolute Gasteiger partial charge is 0.508 e. The molecular weight excluding hydrogens is 485 g/mol. The minimum absolute atomic E-state index is 0.00461. The molecule has 0 spiro atoms. The Morgan fingerprint density at radius 1 is 1.12 bits per heavy atom. The molecule has 2 N–H and O–H groups in total. The summed E-state index contributed by atoms with van der Waals surface area (Å²) in [6.45, 7) is 4.14. The number of nitrogens with zero attached hydrogens (tertiary/aromatic N) is 1. The van der Waals surface area contributed by atoms with Crippen LogP contribution in [0.2, 0.25) is 0 Å². The van der Waals surface area contributed by atoms with Crippen LogP contribution in [0, 0.1) is 23.7 Å². The topological polar surface area (TPSA) is 87.1 Å². The van der Waals surface area contributed by atoms with Crippen LogP contribution in [0.25, 0.3) is 0 Å². The minimum Gasteiger partial charge on any atom is -0.508 e. The number of hydrogen-bond donors (Lipinski definition) is 2. The van der Waals surface area contributed by atoms with Gasteiger partial charge >= 0.3 is 7.12 Å². The second-order valence-electron chi connectivity index (χ2n) is 10.3. The maximum atomic E-state index is 13.8. The van der Waals surface area contributed by atoms with Crippen molar-refractivity contribution in [3.63, 3.8) is 0 Å². The van der Waals surface area contributed by atoms with Gasteiger partial charge in [0.25, 0.3) is 0 Å². The van der Waals surface area contributed by atoms with Crippen LogP contribution < -0.4 is 0 Å². The van der Waals surface area contributed by atoms with Gasteiger partial charge in [-0.05, 0) is 61.2 Å². The molecule has 4 atom stereocenters. The van der Waals surface area contributed by atoms with Gasteiger partial charge in [0.2, 0.25) is 11.8 Å². The molecule has 2 amide bonds. The van der Waals surface area contributed by atoms with E-state index in [1.54, 1.807) is 23.1 Å². The van der Waals surface area contributed by atoms with E-state index in [1.807, 2.05) is 0 Å². The third-order valence-electron chi connectivity index (χ3n) is 8.15. The van der Waals surface area contributed by atoms with Crippen LogP contribution in [0.1, 0.15) is 70.5 Å². The quantitative estimate of drug-likeness (QED) is 0.455. The van der Waals surface area contributed by atoms with Crippen molar-refractivity contribution in [1.29, 1.82) is 0 Å². The van der Waals surface area contributed by atoms with Gasteiger partial charge in [0.05, 0.1) is 17.9 Å². The number of amides is 2. The molecule has 176 valence electrons. The zero-order valence-electron chi connectivity index (χ0n) is 19.2. The maximum Gasteiger partial charge on any atom is 0.487 e. The van der Waals surface area contributed by atoms with Crippen LogP contribution in [0.3, 0.4) is 0 Å². The number of phenolic OH excluding ortho intramolecular Hbond substituents is 1. The van der Waals surface area contributed by atoms with Crippen molar-refractivity contribution in [2.24, 2.45) is 23.7 Å². The second-order valence-corrected chi connectivity index (χ2v) is 11.2. The van der Waals surface area contributed by atoms with E-state index in [9.17, 15) is 19.7 Å². The van der Waals surface area contributed by atoms with Gasteiger partial charge in [-0.2, -0.15) is 0 Å². The predicted octanol–water partition coefficient (Wildman–Crippen LogP) is 4.54. The Morgan fingerprint density at radius 2 is 1.85 bits per heavy atom. The predicted molar refractivity (Wildman–Crippen MR) is 128 cm³/mol. The lowest BCUT2D eigenvalue weighted by Gasteiger charge is -2.43. The van der Waals surface area contributed by atoms with E-state index in [-0.39, 0.29) is 41.4 Å². The summed E-state index contributed by atoms with van der Waals surface area (Å²) in [4.78, 5) is 28.9. The van der Waals surface area contributed by atoms with Crippen molar-refractivity contribution in [3.8, 4) is 5.75 Å². The molecular formula is C25H31BBrNO5. The van der Waals surface area contributed by atoms with Crippen LogP contribution in [0.15, 0.2) is 33.7 Å². The van der Waals surface area contributed by atoms with Crippen molar-refractivity contribution in [3.05, 3.63) is 39.3 Å². The number of likely N-dealkylation sites (tertiary alicyclic amines) is 1. The first kappa shape index (κ1) is 23.1. The molecule has 0 bridgehead atoms. The molecule has 0 radical (unpaired) electrons. The first-order valence-corrected chi connectivity index (χ1v) is 13.0. The molecule has 4 aliphatic rings. The van der Waals surface area contributed by atoms with Gasteiger partial charge < -0.3 is 14.8 Å². The Labute approximate surface area is 203 Å². The standard InChI is InChI=1S/C25H31BBrNO5/c1-13(2)16-11-19-22(25(31)28(24(19)30)15-6-4-3-5-7-15)18-12-21(33-26(32)23(16)18)17-10-14(27)8-9-20(17)29/h8-10,13,15,18-19,21-22,29,32H,3-7,11-12H2,1-2H3/t18-,19-,21-,22+/m0/s1. The van der Waals surface area contributed by atoms with Crippen molar-refractivity contribution >= 4 is 34.9 Å². The fraction of sp³-hybridized carbons (Fsp3) is 0.600. The summed E-state index contributed by atoms with van der Waals surface area (Å²) in [6, 6.07) is 5.14. The van der Waals surface area contributed by atoms with Crippen molar-refractivity contribution in [2.75, 3.05) is 0 Å². The number of carbonyl (C=O) groups is 2. The number of fused-ring (bicyclic) bond motifs is 3. The van der Waals surface area contributed by atoms with Crippen molar-refractivity contribution in [1.82, 2.24) is 4.90 Å². The van der Waals surface area contributed by atoms with Gasteiger partial charge in [-0.3, -0.25) is 14.5 Å². The van der Waals surface area contributed by atoms with Crippen LogP contribution in [0.5, 0.6) is 5.75 Å². The number of allylic oxidation sites excluding steroid dienone is 2. The number of rotatable bonds is 3. The lowest BCUT2D eigenvalue weighted by atomic mass is 9.54. The SMILES string of the molecule is CC(C)C1=C2B(O)O[C@H](c3cc(Br)ccc3O)C[C@H]2[C@H]2C(=O)N(C3CCCCC3)C(=O)[C@H]2C1. The number of halogens is 1. The third kappa shape index (κ3) is 3.88. The first-order valence-electron chi connectivity index (χ1n) is 12.2. The molecule has 0 aromatic heterocycles. The average Bonchev–Trinajstić information content (AvgIpc) is 3.05. The first-order chi connectivity index (χ1) is 15.8. The van der Waals surface area contributed by atoms with Gasteiger partial charge in [0.1, 0.15) is 5.75 Å². The average molecular weight is 516 g/mol. The van der Waals surface area contributed by atoms with Gasteiger partial charge in [-0.15, -0.1) is 0 Å². The molecule has 33 heavy (non-hydrogen) atoms. The molecule has 8 heteroatoms. The number of carbonyl (C=O) groups excluding carboxylic acids is 2. The molecule has 3 fully saturated rings. The number of aromatic hydroxyl groups is 1. The Kier molecular flexibility index (Phi) is 6.21. The number of phenols is 1. The molecule has 1 saturated carbocycles. The Hall–Kier alpha value is -1.64. The highest BCUT2D eigenvalue weighted by Gasteiger charge is 2.59. The summed E-state index contributed by atoms with van der Waals surface area (Å²) in [5.41, 5.74) is 2.40. The zero-order chi connectivity index (χ0) is 23.4. The fourth-order valence-electron chi connectivity index (χ4n) is 6.61. The van der Waals surface area contributed by atoms with Gasteiger partial charge in [0.15, 0.2) is 0 Å². The summed E-state index contributed by atoms with van der Waals surface area (Å²) in [5, 5.41) is 21.6. The number of imide groups is 1. The van der Waals surface area contributed by atoms with Gasteiger partial charge in [-0.1, -0.05) is 54.6 Å². The van der Waals surface area contributed by atoms with E-state index in [0.29, 0.717) is 18.4 Å². The highest BCUT2D eigenvalue weighted by atomic mass is 79.9. The second kappa shape index (κ2) is 8.86. The Morgan fingerprint density at radius 3 is 2.55 bits per heavy atom. The third-order valence-corrected chi connectivity index (χ3v) is 8.65. The summed E-state index contributed by atoms with van der Waals surface area (Å²) >= 11 is 3.45. The van der Waals surface area contributed by atoms with E-state index in [2.05, 4.69) is 29.8 Å². The van der Waals surface area contributed by atoms with Crippen LogP contribution in [-0.4, -0.2) is 40.0 Å². The van der Waals surface area contributed by atoms with Gasteiger partial charge in [-0.25, -0.2) is 0 Å². The van der Waals surface area contributed by atoms with Crippen LogP contribution in [-0.2, 0) is 14.2 Å². The fourth-order valence-corrected chi connectivity index (χ4v) is 6.99. The highest BCUT2D eigenvalue weighted by Crippen LogP contribution is 2.54. The Bertz CT molecular complexity index is 1000. The monoisotopic (exact) mass is 515 g/mol. The minimum atomic E-state index is -1.16. The van der Waals surface area contributed by atoms with Gasteiger partial charge in [0, 0.05) is 16.1 Å². The Balaban J connectivity index is 1.54. The normalized spacial score (nSPS) is 30.8. The summed E-state index contributed by atoms with van der Waals surface area (Å²) in [6.07, 6.45) is 5.44. The van der Waals surface area contributed by atoms with Crippen LogP contribution in [0.4, 0.5) is 0 Å². The molecule has 2 saturated heterocycles. The molecule has 1 aromatic rings. The molecule has 2 aliphatic heterocycles. The van der Waals surface area contributed by atoms with E-state index in [0.717, 1.165) is 47.6 Å². The van der Waals surface area contributed by atoms with Crippen molar-refractivity contribution in [2.45, 2.75) is 70.9 Å². The van der Waals surface area contributed by atoms with E-state index < -0.39 is 19.1 Å². The maximum absolute atomic E-state index is 13.8. The van der Waals surface area contributed by atoms with E-state index in [4.69, 9.17) is 4.65 Å². The van der Waals surface area contributed by atoms with Crippen LogP contribution >= 0.6 is 15.9 Å². The smallest absolute Gasteiger partial charge is 0.487 e. The molecule has 2 aliphatic carbocycles. The van der Waals surface area contributed by atoms with E-state index in [1.165, 1.54) is 0 Å². The summed E-state index contributed by atoms with van der Waals surface area (Å²) < 4.78 is 6.82. The number of hydrogen-bond acceptors (Lipinski definition) is 5. The highest BCUT2D eigenvalue weighted by molar-refractivity contribution is 9.10. The lowest BCUT2D eigenvalue weighted by molar-refractivity contribution is -0.143. The molecule has 2 heterocycles. The lowest BCUT2D eigenvalue weighted by Crippen LogP contribution is -2.46. The molecule has 0 unspecified atom stereocenters. The summed E-state index contributed by atoms with van der Waals surface area (Å²) in [7, 11) is -1.16. The molecule has 5 rings (SSSR count). The zero-order valence-corrected chi connectivity index (χ0v) is 20.8. The summed E-state index contributed by atoms with van der Waals surface area (Å²) in [5.74, 6) is -0.982. The van der Waals surface area contributed by atoms with E-state index >= 15 is 0 Å². The number of benzene rings is 1. The molecule has 1 aromatic carbocycles. The molecule has 6 nitrogen and oxygen atoms in total. The van der Waals surface area contributed by atoms with Crippen molar-refractivity contribution < 1.29 is 24.4 Å².